The summed E-state index contributed by atoms with van der Waals surface area (Å²) < 4.78 is 5.33. The highest BCUT2D eigenvalue weighted by molar-refractivity contribution is 6.07. The number of carboxylic acids is 1. The molecular formula is C21H24N2O4. The predicted molar refractivity (Wildman–Crippen MR) is 101 cm³/mol. The fourth-order valence-electron chi connectivity index (χ4n) is 3.43. The number of rotatable bonds is 7. The molecule has 2 aliphatic rings. The molecule has 2 aromatic rings. The average molecular weight is 368 g/mol. The highest BCUT2D eigenvalue weighted by Crippen LogP contribution is 2.41. The summed E-state index contributed by atoms with van der Waals surface area (Å²) in [7, 11) is 1.60. The number of aliphatic carboxylic acids is 1. The molecule has 2 aliphatic carbocycles. The molecule has 4 rings (SSSR count). The second kappa shape index (κ2) is 6.83. The lowest BCUT2D eigenvalue weighted by molar-refractivity contribution is -0.141. The van der Waals surface area contributed by atoms with Gasteiger partial charge in [0.05, 0.1) is 24.1 Å². The first-order valence-corrected chi connectivity index (χ1v) is 9.50. The van der Waals surface area contributed by atoms with Crippen LogP contribution in [0.3, 0.4) is 0 Å². The summed E-state index contributed by atoms with van der Waals surface area (Å²) in [4.78, 5) is 31.3. The second-order valence-electron chi connectivity index (χ2n) is 7.68. The summed E-state index contributed by atoms with van der Waals surface area (Å²) in [5, 5.41) is 10.0. The van der Waals surface area contributed by atoms with Crippen molar-refractivity contribution in [3.8, 4) is 5.75 Å². The predicted octanol–water partition coefficient (Wildman–Crippen LogP) is 3.45. The number of hydrogen-bond donors (Lipinski definition) is 1. The van der Waals surface area contributed by atoms with Gasteiger partial charge in [-0.2, -0.15) is 0 Å². The molecule has 1 unspecified atom stereocenters. The average Bonchev–Trinajstić information content (AvgIpc) is 3.56. The topological polar surface area (TPSA) is 79.7 Å². The van der Waals surface area contributed by atoms with Crippen molar-refractivity contribution in [3.05, 3.63) is 35.5 Å². The van der Waals surface area contributed by atoms with Gasteiger partial charge in [-0.1, -0.05) is 6.92 Å². The van der Waals surface area contributed by atoms with E-state index in [1.54, 1.807) is 18.9 Å². The summed E-state index contributed by atoms with van der Waals surface area (Å²) in [6.45, 7) is 1.87. The Labute approximate surface area is 158 Å². The summed E-state index contributed by atoms with van der Waals surface area (Å²) in [5.41, 5.74) is 2.34. The molecule has 0 bridgehead atoms. The maximum atomic E-state index is 13.5. The maximum Gasteiger partial charge on any atom is 0.308 e. The minimum atomic E-state index is -0.881. The third kappa shape index (κ3) is 3.61. The number of pyridine rings is 1. The van der Waals surface area contributed by atoms with Gasteiger partial charge >= 0.3 is 5.97 Å². The normalized spacial score (nSPS) is 17.6. The van der Waals surface area contributed by atoms with Crippen LogP contribution in [0.1, 0.15) is 54.6 Å². The number of methoxy groups -OCH3 is 1. The van der Waals surface area contributed by atoms with Crippen molar-refractivity contribution in [2.24, 2.45) is 5.92 Å². The van der Waals surface area contributed by atoms with Crippen LogP contribution in [0.2, 0.25) is 0 Å². The van der Waals surface area contributed by atoms with Crippen molar-refractivity contribution in [3.63, 3.8) is 0 Å². The third-order valence-electron chi connectivity index (χ3n) is 5.40. The molecule has 1 heterocycles. The van der Waals surface area contributed by atoms with Crippen LogP contribution in [0, 0.1) is 5.92 Å². The van der Waals surface area contributed by atoms with Crippen LogP contribution < -0.4 is 4.74 Å². The zero-order chi connectivity index (χ0) is 19.1. The van der Waals surface area contributed by atoms with Gasteiger partial charge in [-0.15, -0.1) is 0 Å². The number of nitrogens with zero attached hydrogens (tertiary/aromatic N) is 2. The smallest absolute Gasteiger partial charge is 0.308 e. The Hall–Kier alpha value is -2.63. The van der Waals surface area contributed by atoms with E-state index >= 15 is 0 Å². The Morgan fingerprint density at radius 3 is 2.59 bits per heavy atom. The molecule has 1 amide bonds. The Balaban J connectivity index is 1.77. The lowest BCUT2D eigenvalue weighted by atomic mass is 10.0. The van der Waals surface area contributed by atoms with E-state index in [0.29, 0.717) is 17.2 Å². The zero-order valence-corrected chi connectivity index (χ0v) is 15.6. The molecule has 2 fully saturated rings. The van der Waals surface area contributed by atoms with E-state index < -0.39 is 11.9 Å². The van der Waals surface area contributed by atoms with E-state index in [2.05, 4.69) is 0 Å². The fourth-order valence-corrected chi connectivity index (χ4v) is 3.43. The molecule has 6 nitrogen and oxygen atoms in total. The molecule has 1 aromatic carbocycles. The van der Waals surface area contributed by atoms with Crippen LogP contribution in [0.5, 0.6) is 5.75 Å². The first-order chi connectivity index (χ1) is 13.0. The number of aromatic nitrogens is 1. The van der Waals surface area contributed by atoms with Gasteiger partial charge in [-0.3, -0.25) is 14.6 Å². The van der Waals surface area contributed by atoms with Crippen LogP contribution in [-0.2, 0) is 4.79 Å². The molecule has 1 atom stereocenters. The molecule has 1 N–H and O–H groups in total. The van der Waals surface area contributed by atoms with E-state index in [4.69, 9.17) is 9.72 Å². The first-order valence-electron chi connectivity index (χ1n) is 9.50. The molecular weight excluding hydrogens is 344 g/mol. The van der Waals surface area contributed by atoms with Gasteiger partial charge in [0, 0.05) is 29.6 Å². The van der Waals surface area contributed by atoms with E-state index in [9.17, 15) is 14.7 Å². The summed E-state index contributed by atoms with van der Waals surface area (Å²) in [5.74, 6) is -0.480. The lowest BCUT2D eigenvalue weighted by Crippen LogP contribution is -2.38. The number of carbonyl (C=O) groups excluding carboxylic acids is 1. The number of amides is 1. The number of ether oxygens (including phenoxy) is 1. The van der Waals surface area contributed by atoms with Gasteiger partial charge in [0.2, 0.25) is 0 Å². The van der Waals surface area contributed by atoms with E-state index in [-0.39, 0.29) is 18.5 Å². The van der Waals surface area contributed by atoms with E-state index in [0.717, 1.165) is 42.3 Å². The van der Waals surface area contributed by atoms with Crippen molar-refractivity contribution in [2.75, 3.05) is 13.7 Å². The largest absolute Gasteiger partial charge is 0.497 e. The van der Waals surface area contributed by atoms with Gasteiger partial charge in [-0.05, 0) is 49.9 Å². The first kappa shape index (κ1) is 17.8. The van der Waals surface area contributed by atoms with Gasteiger partial charge < -0.3 is 14.7 Å². The molecule has 142 valence electrons. The van der Waals surface area contributed by atoms with E-state index in [1.807, 2.05) is 24.3 Å². The molecule has 27 heavy (non-hydrogen) atoms. The van der Waals surface area contributed by atoms with Crippen molar-refractivity contribution in [1.29, 1.82) is 0 Å². The Morgan fingerprint density at radius 1 is 1.26 bits per heavy atom. The number of benzene rings is 1. The number of carboxylic acid groups (broad SMARTS) is 1. The molecule has 0 aliphatic heterocycles. The van der Waals surface area contributed by atoms with Crippen LogP contribution in [0.15, 0.2) is 24.3 Å². The standard InChI is InChI=1S/C21H24N2O4/c1-12(21(25)26)11-23(14-5-6-14)20(24)17-10-19(13-3-4-13)22-18-8-7-15(27-2)9-16(17)18/h7-10,12-14H,3-6,11H2,1-2H3,(H,25,26). The SMILES string of the molecule is COc1ccc2nc(C3CC3)cc(C(=O)N(CC(C)C(=O)O)C3CC3)c2c1. The van der Waals surface area contributed by atoms with Gasteiger partial charge in [0.15, 0.2) is 0 Å². The van der Waals surface area contributed by atoms with Crippen LogP contribution in [0.4, 0.5) is 0 Å². The number of carbonyl (C=O) groups is 2. The Bertz CT molecular complexity index is 902. The van der Waals surface area contributed by atoms with Crippen molar-refractivity contribution >= 4 is 22.8 Å². The molecule has 0 saturated heterocycles. The van der Waals surface area contributed by atoms with Gasteiger partial charge in [-0.25, -0.2) is 0 Å². The lowest BCUT2D eigenvalue weighted by Gasteiger charge is -2.25. The summed E-state index contributed by atoms with van der Waals surface area (Å²) in [6, 6.07) is 7.63. The van der Waals surface area contributed by atoms with Crippen molar-refractivity contribution in [1.82, 2.24) is 9.88 Å². The quantitative estimate of drug-likeness (QED) is 0.810. The zero-order valence-electron chi connectivity index (χ0n) is 15.6. The molecule has 2 saturated carbocycles. The number of fused-ring (bicyclic) bond motifs is 1. The minimum Gasteiger partial charge on any atom is -0.497 e. The highest BCUT2D eigenvalue weighted by atomic mass is 16.5. The highest BCUT2D eigenvalue weighted by Gasteiger charge is 2.36. The maximum absolute atomic E-state index is 13.5. The number of hydrogen-bond acceptors (Lipinski definition) is 4. The molecule has 1 aromatic heterocycles. The van der Waals surface area contributed by atoms with E-state index in [1.165, 1.54) is 0 Å². The molecule has 0 radical (unpaired) electrons. The minimum absolute atomic E-state index is 0.104. The second-order valence-corrected chi connectivity index (χ2v) is 7.68. The van der Waals surface area contributed by atoms with Gasteiger partial charge in [0.1, 0.15) is 5.75 Å². The summed E-state index contributed by atoms with van der Waals surface area (Å²) >= 11 is 0. The van der Waals surface area contributed by atoms with Crippen molar-refractivity contribution < 1.29 is 19.4 Å². The van der Waals surface area contributed by atoms with Crippen molar-refractivity contribution in [2.45, 2.75) is 44.6 Å². The van der Waals surface area contributed by atoms with Gasteiger partial charge in [0.25, 0.3) is 5.91 Å². The molecule has 0 spiro atoms. The Kier molecular flexibility index (Phi) is 4.50. The van der Waals surface area contributed by atoms with Crippen LogP contribution >= 0.6 is 0 Å². The Morgan fingerprint density at radius 2 is 2.00 bits per heavy atom. The van der Waals surface area contributed by atoms with Crippen LogP contribution in [-0.4, -0.2) is 46.6 Å². The molecule has 6 heteroatoms. The summed E-state index contributed by atoms with van der Waals surface area (Å²) in [6.07, 6.45) is 4.06. The van der Waals surface area contributed by atoms with Crippen LogP contribution in [0.25, 0.3) is 10.9 Å². The fraction of sp³-hybridized carbons (Fsp3) is 0.476. The monoisotopic (exact) mass is 368 g/mol. The third-order valence-corrected chi connectivity index (χ3v) is 5.40.